The standard InChI is InChI=1S/C8H4F6O2S2.Li/c9-4-2-1-3-5(10)6(4)17-7(11,12)8(13,14)18(15)16;/h1-3H,(H,15,16);/q;+1/p-1. The van der Waals surface area contributed by atoms with Gasteiger partial charge in [0.15, 0.2) is 0 Å². The van der Waals surface area contributed by atoms with Gasteiger partial charge in [0.2, 0.25) is 0 Å². The molecule has 102 valence electrons. The Morgan fingerprint density at radius 1 is 1.11 bits per heavy atom. The summed E-state index contributed by atoms with van der Waals surface area (Å²) in [6.07, 6.45) is 0. The van der Waals surface area contributed by atoms with Crippen molar-refractivity contribution >= 4 is 22.8 Å². The summed E-state index contributed by atoms with van der Waals surface area (Å²) in [5.41, 5.74) is 0. The van der Waals surface area contributed by atoms with E-state index in [0.29, 0.717) is 12.1 Å². The molecule has 1 aromatic carbocycles. The molecule has 0 spiro atoms. The molecule has 0 fully saturated rings. The fourth-order valence-electron chi connectivity index (χ4n) is 0.865. The minimum atomic E-state index is -5.45. The molecule has 0 aliphatic rings. The third-order valence-electron chi connectivity index (χ3n) is 1.70. The van der Waals surface area contributed by atoms with Crippen LogP contribution in [-0.2, 0) is 11.1 Å². The van der Waals surface area contributed by atoms with Crippen LogP contribution in [0.15, 0.2) is 23.1 Å². The van der Waals surface area contributed by atoms with Crippen molar-refractivity contribution in [2.45, 2.75) is 15.4 Å². The molecule has 2 nitrogen and oxygen atoms in total. The van der Waals surface area contributed by atoms with Crippen LogP contribution in [0.25, 0.3) is 0 Å². The third kappa shape index (κ3) is 3.92. The summed E-state index contributed by atoms with van der Waals surface area (Å²) in [5, 5.41) is -10.7. The maximum atomic E-state index is 13.0. The molecule has 1 unspecified atom stereocenters. The van der Waals surface area contributed by atoms with Crippen molar-refractivity contribution in [2.75, 3.05) is 0 Å². The van der Waals surface area contributed by atoms with E-state index in [1.54, 1.807) is 0 Å². The first kappa shape index (κ1) is 18.9. The Bertz CT molecular complexity index is 464. The summed E-state index contributed by atoms with van der Waals surface area (Å²) in [4.78, 5) is -1.38. The van der Waals surface area contributed by atoms with E-state index in [9.17, 15) is 35.1 Å². The van der Waals surface area contributed by atoms with Crippen molar-refractivity contribution in [3.8, 4) is 0 Å². The Balaban J connectivity index is 0.00000324. The predicted octanol–water partition coefficient (Wildman–Crippen LogP) is 0.126. The average Bonchev–Trinajstić information content (AvgIpc) is 2.23. The number of thioether (sulfide) groups is 1. The van der Waals surface area contributed by atoms with Gasteiger partial charge in [0.05, 0.1) is 4.90 Å². The maximum absolute atomic E-state index is 13.0. The minimum Gasteiger partial charge on any atom is -0.768 e. The van der Waals surface area contributed by atoms with Crippen LogP contribution < -0.4 is 18.9 Å². The number of hydrogen-bond acceptors (Lipinski definition) is 3. The normalized spacial score (nSPS) is 13.8. The summed E-state index contributed by atoms with van der Waals surface area (Å²) < 4.78 is 97.2. The zero-order valence-electron chi connectivity index (χ0n) is 9.13. The van der Waals surface area contributed by atoms with Crippen molar-refractivity contribution in [1.82, 2.24) is 0 Å². The van der Waals surface area contributed by atoms with Crippen LogP contribution in [0.4, 0.5) is 26.3 Å². The van der Waals surface area contributed by atoms with E-state index in [0.717, 1.165) is 6.07 Å². The Kier molecular flexibility index (Phi) is 6.49. The first-order valence-corrected chi connectivity index (χ1v) is 5.97. The Morgan fingerprint density at radius 3 is 1.89 bits per heavy atom. The second-order valence-corrected chi connectivity index (χ2v) is 5.03. The molecule has 0 aliphatic heterocycles. The molecule has 0 aromatic heterocycles. The van der Waals surface area contributed by atoms with E-state index in [1.165, 1.54) is 0 Å². The van der Waals surface area contributed by atoms with E-state index < -0.39 is 49.9 Å². The summed E-state index contributed by atoms with van der Waals surface area (Å²) in [6.45, 7) is 0. The van der Waals surface area contributed by atoms with Gasteiger partial charge in [-0.05, 0) is 23.9 Å². The molecular weight excluding hydrogens is 313 g/mol. The van der Waals surface area contributed by atoms with Gasteiger partial charge in [-0.2, -0.15) is 17.6 Å². The molecule has 0 aliphatic carbocycles. The minimum absolute atomic E-state index is 0. The topological polar surface area (TPSA) is 40.1 Å². The molecular formula is C8H3F6LiO2S2. The Morgan fingerprint density at radius 2 is 1.53 bits per heavy atom. The molecule has 1 atom stereocenters. The zero-order chi connectivity index (χ0) is 14.1. The summed E-state index contributed by atoms with van der Waals surface area (Å²) in [7, 11) is 0. The van der Waals surface area contributed by atoms with Crippen LogP contribution in [0.2, 0.25) is 0 Å². The van der Waals surface area contributed by atoms with Crippen molar-refractivity contribution in [3.63, 3.8) is 0 Å². The first-order chi connectivity index (χ1) is 8.09. The van der Waals surface area contributed by atoms with Crippen molar-refractivity contribution in [3.05, 3.63) is 29.8 Å². The molecule has 0 radical (unpaired) electrons. The van der Waals surface area contributed by atoms with Gasteiger partial charge in [-0.15, -0.1) is 0 Å². The van der Waals surface area contributed by atoms with Crippen molar-refractivity contribution < 1.29 is 54.0 Å². The fourth-order valence-corrected chi connectivity index (χ4v) is 2.09. The van der Waals surface area contributed by atoms with Crippen LogP contribution in [0.3, 0.4) is 0 Å². The molecule has 0 amide bonds. The van der Waals surface area contributed by atoms with Crippen molar-refractivity contribution in [1.29, 1.82) is 0 Å². The molecule has 1 rings (SSSR count). The smallest absolute Gasteiger partial charge is 0.768 e. The van der Waals surface area contributed by atoms with E-state index in [-0.39, 0.29) is 18.9 Å². The monoisotopic (exact) mass is 316 g/mol. The van der Waals surface area contributed by atoms with Crippen LogP contribution in [0.1, 0.15) is 0 Å². The van der Waals surface area contributed by atoms with E-state index in [1.807, 2.05) is 0 Å². The molecule has 0 saturated carbocycles. The van der Waals surface area contributed by atoms with Gasteiger partial charge in [-0.3, -0.25) is 4.21 Å². The SMILES string of the molecule is O=S([O-])C(F)(F)C(F)(F)Sc1c(F)cccc1F.[Li+]. The van der Waals surface area contributed by atoms with Gasteiger partial charge in [0.25, 0.3) is 0 Å². The average molecular weight is 316 g/mol. The van der Waals surface area contributed by atoms with Gasteiger partial charge >= 0.3 is 29.4 Å². The molecule has 11 heteroatoms. The van der Waals surface area contributed by atoms with Gasteiger partial charge in [-0.25, -0.2) is 8.78 Å². The van der Waals surface area contributed by atoms with E-state index >= 15 is 0 Å². The van der Waals surface area contributed by atoms with Crippen LogP contribution in [0, 0.1) is 11.6 Å². The predicted molar refractivity (Wildman–Crippen MR) is 51.0 cm³/mol. The molecule has 0 N–H and O–H groups in total. The fraction of sp³-hybridized carbons (Fsp3) is 0.250. The first-order valence-electron chi connectivity index (χ1n) is 4.07. The number of hydrogen-bond donors (Lipinski definition) is 0. The van der Waals surface area contributed by atoms with Crippen LogP contribution >= 0.6 is 11.8 Å². The Hall–Kier alpha value is -0.143. The molecule has 0 bridgehead atoms. The van der Waals surface area contributed by atoms with Gasteiger partial charge < -0.3 is 4.55 Å². The second kappa shape index (κ2) is 6.54. The van der Waals surface area contributed by atoms with Crippen LogP contribution in [-0.4, -0.2) is 19.3 Å². The quantitative estimate of drug-likeness (QED) is 0.343. The largest absolute Gasteiger partial charge is 1.00 e. The summed E-state index contributed by atoms with van der Waals surface area (Å²) in [5.74, 6) is -2.99. The third-order valence-corrected chi connectivity index (χ3v) is 3.61. The number of rotatable bonds is 4. The number of alkyl halides is 4. The maximum Gasteiger partial charge on any atom is 1.00 e. The zero-order valence-corrected chi connectivity index (χ0v) is 10.8. The second-order valence-electron chi connectivity index (χ2n) is 2.92. The molecule has 1 aromatic rings. The van der Waals surface area contributed by atoms with Gasteiger partial charge in [-0.1, -0.05) is 6.07 Å². The summed E-state index contributed by atoms with van der Waals surface area (Å²) >= 11 is -5.62. The Labute approximate surface area is 122 Å². The number of benzene rings is 1. The molecule has 0 saturated heterocycles. The van der Waals surface area contributed by atoms with Gasteiger partial charge in [0, 0.05) is 11.1 Å². The van der Waals surface area contributed by atoms with Gasteiger partial charge in [0.1, 0.15) is 11.6 Å². The molecule has 19 heavy (non-hydrogen) atoms. The van der Waals surface area contributed by atoms with Crippen LogP contribution in [0.5, 0.6) is 0 Å². The van der Waals surface area contributed by atoms with E-state index in [4.69, 9.17) is 0 Å². The number of halogens is 6. The summed E-state index contributed by atoms with van der Waals surface area (Å²) in [6, 6.07) is 2.00. The van der Waals surface area contributed by atoms with E-state index in [2.05, 4.69) is 0 Å². The van der Waals surface area contributed by atoms with Crippen molar-refractivity contribution in [2.24, 2.45) is 0 Å². The molecule has 0 heterocycles.